The van der Waals surface area contributed by atoms with Crippen molar-refractivity contribution in [2.45, 2.75) is 39.5 Å². The Labute approximate surface area is 127 Å². The van der Waals surface area contributed by atoms with Crippen LogP contribution in [0.5, 0.6) is 0 Å². The van der Waals surface area contributed by atoms with Gasteiger partial charge in [-0.1, -0.05) is 15.9 Å². The van der Waals surface area contributed by atoms with Crippen LogP contribution in [0.2, 0.25) is 0 Å². The largest absolute Gasteiger partial charge is 0.444 e. The Hall–Kier alpha value is -1.31. The summed E-state index contributed by atoms with van der Waals surface area (Å²) in [6.45, 7) is 5.81. The van der Waals surface area contributed by atoms with Crippen LogP contribution in [0.4, 0.5) is 28.0 Å². The molecule has 0 heterocycles. The number of alkyl halides is 3. The highest BCUT2D eigenvalue weighted by Crippen LogP contribution is 2.40. The van der Waals surface area contributed by atoms with Gasteiger partial charge in [-0.3, -0.25) is 5.32 Å². The second kappa shape index (κ2) is 5.82. The van der Waals surface area contributed by atoms with Crippen LogP contribution < -0.4 is 5.32 Å². The van der Waals surface area contributed by atoms with Crippen molar-refractivity contribution in [1.82, 2.24) is 0 Å². The van der Waals surface area contributed by atoms with Gasteiger partial charge in [-0.2, -0.15) is 13.2 Å². The fourth-order valence-corrected chi connectivity index (χ4v) is 2.36. The van der Waals surface area contributed by atoms with Crippen molar-refractivity contribution in [3.05, 3.63) is 27.5 Å². The average Bonchev–Trinajstić information content (AvgIpc) is 2.20. The van der Waals surface area contributed by atoms with Crippen LogP contribution in [0.15, 0.2) is 10.5 Å². The first-order valence-electron chi connectivity index (χ1n) is 5.88. The van der Waals surface area contributed by atoms with Gasteiger partial charge in [0.15, 0.2) is 0 Å². The molecule has 1 N–H and O–H groups in total. The fraction of sp³-hybridized carbons (Fsp3) is 0.462. The zero-order valence-corrected chi connectivity index (χ0v) is 13.4. The lowest BCUT2D eigenvalue weighted by molar-refractivity contribution is -0.138. The number of benzene rings is 1. The average molecular weight is 372 g/mol. The van der Waals surface area contributed by atoms with Crippen LogP contribution >= 0.6 is 15.9 Å². The van der Waals surface area contributed by atoms with Gasteiger partial charge in [-0.25, -0.2) is 9.18 Å². The normalized spacial score (nSPS) is 12.2. The Morgan fingerprint density at radius 2 is 1.81 bits per heavy atom. The van der Waals surface area contributed by atoms with E-state index in [9.17, 15) is 22.4 Å². The van der Waals surface area contributed by atoms with Crippen LogP contribution in [0.3, 0.4) is 0 Å². The quantitative estimate of drug-likeness (QED) is 0.683. The van der Waals surface area contributed by atoms with Crippen LogP contribution in [-0.4, -0.2) is 11.7 Å². The topological polar surface area (TPSA) is 38.3 Å². The van der Waals surface area contributed by atoms with E-state index in [-0.39, 0.29) is 10.2 Å². The van der Waals surface area contributed by atoms with E-state index in [2.05, 4.69) is 21.2 Å². The summed E-state index contributed by atoms with van der Waals surface area (Å²) in [5, 5.41) is 2.09. The molecule has 0 atom stereocenters. The van der Waals surface area contributed by atoms with Gasteiger partial charge in [0.1, 0.15) is 11.4 Å². The summed E-state index contributed by atoms with van der Waals surface area (Å²) in [5.74, 6) is -1.16. The highest BCUT2D eigenvalue weighted by atomic mass is 79.9. The van der Waals surface area contributed by atoms with Crippen molar-refractivity contribution in [3.63, 3.8) is 0 Å². The zero-order chi connectivity index (χ0) is 16.6. The molecule has 0 radical (unpaired) electrons. The first kappa shape index (κ1) is 17.7. The molecule has 0 unspecified atom stereocenters. The second-order valence-electron chi connectivity index (χ2n) is 5.34. The minimum absolute atomic E-state index is 0.361. The van der Waals surface area contributed by atoms with Gasteiger partial charge < -0.3 is 4.74 Å². The summed E-state index contributed by atoms with van der Waals surface area (Å²) >= 11 is 2.74. The highest BCUT2D eigenvalue weighted by Gasteiger charge is 2.37. The van der Waals surface area contributed by atoms with E-state index in [1.54, 1.807) is 20.8 Å². The zero-order valence-electron chi connectivity index (χ0n) is 11.8. The Morgan fingerprint density at radius 3 is 2.24 bits per heavy atom. The maximum absolute atomic E-state index is 14.0. The van der Waals surface area contributed by atoms with E-state index in [1.807, 2.05) is 0 Å². The number of nitrogens with one attached hydrogen (secondary N) is 1. The van der Waals surface area contributed by atoms with Gasteiger partial charge in [0.25, 0.3) is 0 Å². The maximum atomic E-state index is 14.0. The molecule has 3 nitrogen and oxygen atoms in total. The van der Waals surface area contributed by atoms with E-state index in [0.717, 1.165) is 13.0 Å². The molecule has 1 aromatic rings. The molecular formula is C13H14BrF4NO2. The molecular weight excluding hydrogens is 358 g/mol. The Bertz CT molecular complexity index is 565. The van der Waals surface area contributed by atoms with Gasteiger partial charge in [0, 0.05) is 10.0 Å². The van der Waals surface area contributed by atoms with Gasteiger partial charge in [0.2, 0.25) is 0 Å². The van der Waals surface area contributed by atoms with Gasteiger partial charge in [-0.15, -0.1) is 0 Å². The van der Waals surface area contributed by atoms with Crippen molar-refractivity contribution in [2.75, 3.05) is 5.32 Å². The predicted octanol–water partition coefficient (Wildman–Crippen LogP) is 5.26. The molecule has 8 heteroatoms. The van der Waals surface area contributed by atoms with Crippen LogP contribution in [0.25, 0.3) is 0 Å². The van der Waals surface area contributed by atoms with Crippen molar-refractivity contribution < 1.29 is 27.1 Å². The van der Waals surface area contributed by atoms with Crippen molar-refractivity contribution in [2.24, 2.45) is 0 Å². The highest BCUT2D eigenvalue weighted by molar-refractivity contribution is 9.10. The van der Waals surface area contributed by atoms with Crippen molar-refractivity contribution in [1.29, 1.82) is 0 Å². The van der Waals surface area contributed by atoms with Gasteiger partial charge in [-0.05, 0) is 33.8 Å². The van der Waals surface area contributed by atoms with E-state index in [0.29, 0.717) is 0 Å². The Morgan fingerprint density at radius 1 is 1.29 bits per heavy atom. The van der Waals surface area contributed by atoms with Crippen molar-refractivity contribution >= 4 is 27.7 Å². The third-order valence-electron chi connectivity index (χ3n) is 2.37. The molecule has 0 bridgehead atoms. The summed E-state index contributed by atoms with van der Waals surface area (Å²) in [6.07, 6.45) is -5.65. The molecule has 1 rings (SSSR count). The van der Waals surface area contributed by atoms with E-state index >= 15 is 0 Å². The SMILES string of the molecule is Cc1c(F)c(NC(=O)OC(C)(C)C)cc(Br)c1C(F)(F)F. The van der Waals surface area contributed by atoms with E-state index in [1.165, 1.54) is 0 Å². The summed E-state index contributed by atoms with van der Waals surface area (Å²) in [7, 11) is 0. The summed E-state index contributed by atoms with van der Waals surface area (Å²) in [5.41, 5.74) is -2.92. The molecule has 0 fully saturated rings. The van der Waals surface area contributed by atoms with Crippen molar-refractivity contribution in [3.8, 4) is 0 Å². The number of halogens is 5. The maximum Gasteiger partial charge on any atom is 0.417 e. The van der Waals surface area contributed by atoms with Gasteiger partial charge >= 0.3 is 12.3 Å². The van der Waals surface area contributed by atoms with Crippen LogP contribution in [0.1, 0.15) is 31.9 Å². The number of amides is 1. The molecule has 0 aliphatic heterocycles. The van der Waals surface area contributed by atoms with Crippen LogP contribution in [0, 0.1) is 12.7 Å². The Kier molecular flexibility index (Phi) is 4.92. The molecule has 0 aromatic heterocycles. The number of carbonyl (C=O) groups is 1. The minimum atomic E-state index is -4.70. The van der Waals surface area contributed by atoms with E-state index < -0.39 is 34.8 Å². The number of ether oxygens (including phenoxy) is 1. The Balaban J connectivity index is 3.16. The molecule has 0 saturated heterocycles. The molecule has 1 aromatic carbocycles. The number of hydrogen-bond donors (Lipinski definition) is 1. The first-order chi connectivity index (χ1) is 9.33. The molecule has 0 spiro atoms. The van der Waals surface area contributed by atoms with E-state index in [4.69, 9.17) is 4.74 Å². The smallest absolute Gasteiger partial charge is 0.417 e. The second-order valence-corrected chi connectivity index (χ2v) is 6.20. The fourth-order valence-electron chi connectivity index (χ4n) is 1.61. The third kappa shape index (κ3) is 4.59. The molecule has 0 aliphatic rings. The first-order valence-corrected chi connectivity index (χ1v) is 6.68. The molecule has 0 aliphatic carbocycles. The lowest BCUT2D eigenvalue weighted by atomic mass is 10.1. The number of hydrogen-bond acceptors (Lipinski definition) is 2. The summed E-state index contributed by atoms with van der Waals surface area (Å²) in [6, 6.07) is 0.856. The van der Waals surface area contributed by atoms with Gasteiger partial charge in [0.05, 0.1) is 11.3 Å². The lowest BCUT2D eigenvalue weighted by Crippen LogP contribution is -2.27. The number of carbonyl (C=O) groups excluding carboxylic acids is 1. The summed E-state index contributed by atoms with van der Waals surface area (Å²) < 4.78 is 56.9. The van der Waals surface area contributed by atoms with Crippen LogP contribution in [-0.2, 0) is 10.9 Å². The standard InChI is InChI=1S/C13H14BrF4NO2/c1-6-9(13(16,17)18)7(14)5-8(10(6)15)19-11(20)21-12(2,3)4/h5H,1-4H3,(H,19,20). The molecule has 1 amide bonds. The third-order valence-corrected chi connectivity index (χ3v) is 3.00. The molecule has 118 valence electrons. The predicted molar refractivity (Wildman–Crippen MR) is 73.7 cm³/mol. The number of anilines is 1. The lowest BCUT2D eigenvalue weighted by Gasteiger charge is -2.21. The molecule has 0 saturated carbocycles. The molecule has 21 heavy (non-hydrogen) atoms. The summed E-state index contributed by atoms with van der Waals surface area (Å²) in [4.78, 5) is 11.5. The minimum Gasteiger partial charge on any atom is -0.444 e. The number of rotatable bonds is 1. The monoisotopic (exact) mass is 371 g/mol.